The number of hydrogen-bond acceptors (Lipinski definition) is 5. The Morgan fingerprint density at radius 2 is 1.96 bits per heavy atom. The van der Waals surface area contributed by atoms with Crippen LogP contribution >= 0.6 is 0 Å². The number of amides is 1. The highest BCUT2D eigenvalue weighted by molar-refractivity contribution is 5.95. The second kappa shape index (κ2) is 6.30. The molecule has 7 heteroatoms. The molecule has 26 heavy (non-hydrogen) atoms. The molecule has 0 radical (unpaired) electrons. The standard InChI is InChI=1S/C19H22N4O3/c24-19(13-7-8-15-16(11-13)26-12-25-15)22-10-4-5-14(22)18-21-20-17-6-2-1-3-9-23(17)18/h7-8,11,14H,1-6,9-10,12H2. The molecule has 5 rings (SSSR count). The van der Waals surface area contributed by atoms with Gasteiger partial charge >= 0.3 is 0 Å². The molecule has 1 aromatic heterocycles. The van der Waals surface area contributed by atoms with Gasteiger partial charge in [-0.2, -0.15) is 0 Å². The van der Waals surface area contributed by atoms with Crippen LogP contribution in [-0.4, -0.2) is 38.9 Å². The van der Waals surface area contributed by atoms with Gasteiger partial charge < -0.3 is 18.9 Å². The smallest absolute Gasteiger partial charge is 0.254 e. The fraction of sp³-hybridized carbons (Fsp3) is 0.526. The third-order valence-electron chi connectivity index (χ3n) is 5.57. The van der Waals surface area contributed by atoms with Crippen molar-refractivity contribution in [3.8, 4) is 11.5 Å². The monoisotopic (exact) mass is 354 g/mol. The predicted octanol–water partition coefficient (Wildman–Crippen LogP) is 2.71. The number of aromatic nitrogens is 3. The molecule has 1 amide bonds. The van der Waals surface area contributed by atoms with Crippen LogP contribution in [0.3, 0.4) is 0 Å². The van der Waals surface area contributed by atoms with E-state index in [1.54, 1.807) is 6.07 Å². The number of fused-ring (bicyclic) bond motifs is 2. The van der Waals surface area contributed by atoms with Gasteiger partial charge in [-0.15, -0.1) is 10.2 Å². The van der Waals surface area contributed by atoms with Crippen molar-refractivity contribution in [1.29, 1.82) is 0 Å². The van der Waals surface area contributed by atoms with E-state index >= 15 is 0 Å². The van der Waals surface area contributed by atoms with Gasteiger partial charge in [-0.05, 0) is 43.9 Å². The van der Waals surface area contributed by atoms with Crippen LogP contribution in [0.1, 0.15) is 60.2 Å². The Kier molecular flexibility index (Phi) is 3.80. The Balaban J connectivity index is 1.44. The van der Waals surface area contributed by atoms with E-state index in [-0.39, 0.29) is 18.7 Å². The van der Waals surface area contributed by atoms with Crippen molar-refractivity contribution in [2.75, 3.05) is 13.3 Å². The van der Waals surface area contributed by atoms with Crippen molar-refractivity contribution in [3.05, 3.63) is 35.4 Å². The maximum absolute atomic E-state index is 13.2. The number of ether oxygens (including phenoxy) is 2. The van der Waals surface area contributed by atoms with Gasteiger partial charge in [0, 0.05) is 25.1 Å². The first kappa shape index (κ1) is 15.7. The van der Waals surface area contributed by atoms with Crippen LogP contribution in [0.15, 0.2) is 18.2 Å². The Hall–Kier alpha value is -2.57. The van der Waals surface area contributed by atoms with Crippen molar-refractivity contribution >= 4 is 5.91 Å². The van der Waals surface area contributed by atoms with Gasteiger partial charge in [0.2, 0.25) is 6.79 Å². The number of carbonyl (C=O) groups excluding carboxylic acids is 1. The maximum Gasteiger partial charge on any atom is 0.254 e. The lowest BCUT2D eigenvalue weighted by molar-refractivity contribution is 0.0726. The first-order valence-corrected chi connectivity index (χ1v) is 9.44. The molecule has 1 unspecified atom stereocenters. The molecule has 4 heterocycles. The molecule has 1 aromatic carbocycles. The lowest BCUT2D eigenvalue weighted by Gasteiger charge is -2.25. The zero-order valence-electron chi connectivity index (χ0n) is 14.7. The number of rotatable bonds is 2. The largest absolute Gasteiger partial charge is 0.454 e. The lowest BCUT2D eigenvalue weighted by atomic mass is 10.1. The van der Waals surface area contributed by atoms with Gasteiger partial charge in [0.05, 0.1) is 6.04 Å². The summed E-state index contributed by atoms with van der Waals surface area (Å²) in [5.41, 5.74) is 0.636. The zero-order valence-corrected chi connectivity index (χ0v) is 14.7. The Morgan fingerprint density at radius 3 is 2.92 bits per heavy atom. The van der Waals surface area contributed by atoms with Crippen LogP contribution in [-0.2, 0) is 13.0 Å². The summed E-state index contributed by atoms with van der Waals surface area (Å²) in [7, 11) is 0. The molecule has 136 valence electrons. The summed E-state index contributed by atoms with van der Waals surface area (Å²) >= 11 is 0. The fourth-order valence-corrected chi connectivity index (χ4v) is 4.23. The minimum absolute atomic E-state index is 0.00673. The molecule has 0 spiro atoms. The minimum atomic E-state index is 0.00673. The SMILES string of the molecule is O=C(c1ccc2c(c1)OCO2)N1CCCC1c1nnc2n1CCCCC2. The van der Waals surface area contributed by atoms with Crippen LogP contribution in [0.25, 0.3) is 0 Å². The van der Waals surface area contributed by atoms with Crippen molar-refractivity contribution in [2.45, 2.75) is 51.1 Å². The summed E-state index contributed by atoms with van der Waals surface area (Å²) in [5.74, 6) is 3.38. The summed E-state index contributed by atoms with van der Waals surface area (Å²) in [6.45, 7) is 1.92. The van der Waals surface area contributed by atoms with Gasteiger partial charge in [0.15, 0.2) is 17.3 Å². The summed E-state index contributed by atoms with van der Waals surface area (Å²) in [6, 6.07) is 5.41. The molecule has 0 saturated carbocycles. The average molecular weight is 354 g/mol. The molecule has 0 N–H and O–H groups in total. The van der Waals surface area contributed by atoms with E-state index in [0.29, 0.717) is 17.1 Å². The summed E-state index contributed by atoms with van der Waals surface area (Å²) in [6.07, 6.45) is 6.46. The van der Waals surface area contributed by atoms with E-state index in [4.69, 9.17) is 9.47 Å². The van der Waals surface area contributed by atoms with Gasteiger partial charge in [-0.1, -0.05) is 6.42 Å². The van der Waals surface area contributed by atoms with E-state index in [9.17, 15) is 4.79 Å². The van der Waals surface area contributed by atoms with E-state index in [1.807, 2.05) is 17.0 Å². The van der Waals surface area contributed by atoms with Crippen molar-refractivity contribution < 1.29 is 14.3 Å². The summed E-state index contributed by atoms with van der Waals surface area (Å²) < 4.78 is 13.0. The number of benzene rings is 1. The van der Waals surface area contributed by atoms with Gasteiger partial charge in [0.25, 0.3) is 5.91 Å². The van der Waals surface area contributed by atoms with Crippen molar-refractivity contribution in [3.63, 3.8) is 0 Å². The first-order valence-electron chi connectivity index (χ1n) is 9.44. The Labute approximate surface area is 151 Å². The lowest BCUT2D eigenvalue weighted by Crippen LogP contribution is -2.32. The number of nitrogens with zero attached hydrogens (tertiary/aromatic N) is 4. The van der Waals surface area contributed by atoms with E-state index in [1.165, 1.54) is 12.8 Å². The van der Waals surface area contributed by atoms with Crippen LogP contribution in [0.4, 0.5) is 0 Å². The molecule has 0 bridgehead atoms. The Bertz CT molecular complexity index is 847. The second-order valence-corrected chi connectivity index (χ2v) is 7.16. The molecule has 1 saturated heterocycles. The molecular formula is C19H22N4O3. The normalized spacial score (nSPS) is 21.5. The van der Waals surface area contributed by atoms with Gasteiger partial charge in [0.1, 0.15) is 5.82 Å². The molecule has 0 aliphatic carbocycles. The summed E-state index contributed by atoms with van der Waals surface area (Å²) in [4.78, 5) is 15.1. The third kappa shape index (κ3) is 2.53. The topological polar surface area (TPSA) is 69.5 Å². The fourth-order valence-electron chi connectivity index (χ4n) is 4.23. The van der Waals surface area contributed by atoms with Crippen LogP contribution in [0.2, 0.25) is 0 Å². The van der Waals surface area contributed by atoms with Crippen LogP contribution < -0.4 is 9.47 Å². The quantitative estimate of drug-likeness (QED) is 0.829. The number of hydrogen-bond donors (Lipinski definition) is 0. The number of carbonyl (C=O) groups is 1. The Morgan fingerprint density at radius 1 is 1.04 bits per heavy atom. The second-order valence-electron chi connectivity index (χ2n) is 7.16. The third-order valence-corrected chi connectivity index (χ3v) is 5.57. The molecule has 2 aromatic rings. The number of aryl methyl sites for hydroxylation is 1. The predicted molar refractivity (Wildman–Crippen MR) is 93.2 cm³/mol. The average Bonchev–Trinajstić information content (AvgIpc) is 3.37. The molecule has 1 fully saturated rings. The maximum atomic E-state index is 13.2. The minimum Gasteiger partial charge on any atom is -0.454 e. The highest BCUT2D eigenvalue weighted by atomic mass is 16.7. The molecule has 3 aliphatic rings. The first-order chi connectivity index (χ1) is 12.8. The summed E-state index contributed by atoms with van der Waals surface area (Å²) in [5, 5.41) is 8.89. The highest BCUT2D eigenvalue weighted by Crippen LogP contribution is 2.36. The zero-order chi connectivity index (χ0) is 17.5. The van der Waals surface area contributed by atoms with E-state index in [2.05, 4.69) is 14.8 Å². The molecular weight excluding hydrogens is 332 g/mol. The van der Waals surface area contributed by atoms with E-state index in [0.717, 1.165) is 50.4 Å². The molecule has 7 nitrogen and oxygen atoms in total. The molecule has 3 aliphatic heterocycles. The van der Waals surface area contributed by atoms with Crippen LogP contribution in [0.5, 0.6) is 11.5 Å². The van der Waals surface area contributed by atoms with Crippen molar-refractivity contribution in [2.24, 2.45) is 0 Å². The van der Waals surface area contributed by atoms with E-state index < -0.39 is 0 Å². The van der Waals surface area contributed by atoms with Gasteiger partial charge in [-0.3, -0.25) is 4.79 Å². The van der Waals surface area contributed by atoms with Crippen LogP contribution in [0, 0.1) is 0 Å². The van der Waals surface area contributed by atoms with Crippen molar-refractivity contribution in [1.82, 2.24) is 19.7 Å². The molecule has 1 atom stereocenters. The number of likely N-dealkylation sites (tertiary alicyclic amines) is 1. The van der Waals surface area contributed by atoms with Gasteiger partial charge in [-0.25, -0.2) is 0 Å². The highest BCUT2D eigenvalue weighted by Gasteiger charge is 2.35.